The summed E-state index contributed by atoms with van der Waals surface area (Å²) in [6.45, 7) is 4.35. The van der Waals surface area contributed by atoms with Crippen molar-refractivity contribution in [3.8, 4) is 11.3 Å². The van der Waals surface area contributed by atoms with Crippen LogP contribution in [0.5, 0.6) is 0 Å². The molecule has 0 spiro atoms. The van der Waals surface area contributed by atoms with Crippen molar-refractivity contribution in [1.29, 1.82) is 0 Å². The van der Waals surface area contributed by atoms with Gasteiger partial charge in [0.05, 0.1) is 22.6 Å². The number of halogens is 3. The summed E-state index contributed by atoms with van der Waals surface area (Å²) in [6, 6.07) is 6.41. The van der Waals surface area contributed by atoms with Gasteiger partial charge in [0.2, 0.25) is 0 Å². The highest BCUT2D eigenvalue weighted by atomic mass is 19.4. The molecular formula is C22H26F3N3O2. The summed E-state index contributed by atoms with van der Waals surface area (Å²) < 4.78 is 37.5. The fourth-order valence-corrected chi connectivity index (χ4v) is 3.98. The molecule has 3 heterocycles. The Hall–Kier alpha value is -2.77. The van der Waals surface area contributed by atoms with Crippen molar-refractivity contribution in [3.05, 3.63) is 56.7 Å². The van der Waals surface area contributed by atoms with Crippen LogP contribution in [0.4, 0.5) is 13.2 Å². The Morgan fingerprint density at radius 2 is 1.80 bits per heavy atom. The van der Waals surface area contributed by atoms with E-state index in [-0.39, 0.29) is 11.0 Å². The van der Waals surface area contributed by atoms with Crippen LogP contribution in [0.1, 0.15) is 44.7 Å². The van der Waals surface area contributed by atoms with E-state index >= 15 is 0 Å². The average Bonchev–Trinajstić information content (AvgIpc) is 3.12. The predicted octanol–water partition coefficient (Wildman–Crippen LogP) is 5.14. The van der Waals surface area contributed by atoms with Crippen LogP contribution in [0.3, 0.4) is 0 Å². The molecular weight excluding hydrogens is 395 g/mol. The summed E-state index contributed by atoms with van der Waals surface area (Å²) in [5.41, 5.74) is 3.95. The maximum Gasteiger partial charge on any atom is 0.391 e. The van der Waals surface area contributed by atoms with Gasteiger partial charge in [-0.2, -0.15) is 13.2 Å². The predicted molar refractivity (Wildman–Crippen MR) is 112 cm³/mol. The molecule has 1 aliphatic rings. The summed E-state index contributed by atoms with van der Waals surface area (Å²) in [4.78, 5) is 29.9. The van der Waals surface area contributed by atoms with Crippen LogP contribution >= 0.6 is 0 Å². The maximum absolute atomic E-state index is 12.0. The van der Waals surface area contributed by atoms with E-state index in [0.717, 1.165) is 41.6 Å². The number of hydrogen-bond acceptors (Lipinski definition) is 2. The van der Waals surface area contributed by atoms with Crippen LogP contribution in [-0.2, 0) is 6.54 Å². The van der Waals surface area contributed by atoms with E-state index in [4.69, 9.17) is 0 Å². The van der Waals surface area contributed by atoms with E-state index in [1.807, 2.05) is 20.0 Å². The zero-order valence-corrected chi connectivity index (χ0v) is 17.1. The Morgan fingerprint density at radius 3 is 2.37 bits per heavy atom. The molecule has 1 saturated carbocycles. The summed E-state index contributed by atoms with van der Waals surface area (Å²) in [5, 5.41) is 0. The highest BCUT2D eigenvalue weighted by Crippen LogP contribution is 2.37. The van der Waals surface area contributed by atoms with Crippen molar-refractivity contribution >= 4 is 11.0 Å². The van der Waals surface area contributed by atoms with Crippen LogP contribution in [0, 0.1) is 12.8 Å². The molecule has 0 amide bonds. The SMILES string of the molecule is CCn1c(=O)ccc2[nH]cc(-c3cc(=O)cc(C)[nH]3)c21.FC(F)(F)C1CCCCC1. The normalized spacial score (nSPS) is 15.1. The lowest BCUT2D eigenvalue weighted by molar-refractivity contribution is -0.181. The van der Waals surface area contributed by atoms with Crippen LogP contribution in [0.25, 0.3) is 22.3 Å². The highest BCUT2D eigenvalue weighted by molar-refractivity contribution is 5.91. The molecule has 5 nitrogen and oxygen atoms in total. The average molecular weight is 421 g/mol. The Bertz CT molecular complexity index is 1120. The number of nitrogens with one attached hydrogen (secondary N) is 2. The molecule has 2 N–H and O–H groups in total. The Morgan fingerprint density at radius 1 is 1.10 bits per heavy atom. The molecule has 1 aliphatic carbocycles. The first-order chi connectivity index (χ1) is 14.2. The lowest BCUT2D eigenvalue weighted by atomic mass is 9.89. The smallest absolute Gasteiger partial charge is 0.359 e. The highest BCUT2D eigenvalue weighted by Gasteiger charge is 2.39. The van der Waals surface area contributed by atoms with Crippen molar-refractivity contribution in [1.82, 2.24) is 14.5 Å². The molecule has 1 fully saturated rings. The number of pyridine rings is 2. The molecule has 0 aliphatic heterocycles. The van der Waals surface area contributed by atoms with Crippen LogP contribution < -0.4 is 11.0 Å². The fraction of sp³-hybridized carbons (Fsp3) is 0.455. The third-order valence-corrected chi connectivity index (χ3v) is 5.46. The molecule has 0 bridgehead atoms. The van der Waals surface area contributed by atoms with Gasteiger partial charge in [-0.05, 0) is 32.8 Å². The lowest BCUT2D eigenvalue weighted by Gasteiger charge is -2.23. The second-order valence-electron chi connectivity index (χ2n) is 7.67. The zero-order chi connectivity index (χ0) is 21.9. The molecule has 4 rings (SSSR count). The summed E-state index contributed by atoms with van der Waals surface area (Å²) >= 11 is 0. The topological polar surface area (TPSA) is 70.7 Å². The second-order valence-corrected chi connectivity index (χ2v) is 7.67. The first kappa shape index (κ1) is 21.9. The van der Waals surface area contributed by atoms with Gasteiger partial charge >= 0.3 is 6.18 Å². The molecule has 0 atom stereocenters. The van der Waals surface area contributed by atoms with Gasteiger partial charge in [-0.15, -0.1) is 0 Å². The van der Waals surface area contributed by atoms with Crippen LogP contribution in [-0.4, -0.2) is 20.7 Å². The van der Waals surface area contributed by atoms with Crippen LogP contribution in [0.15, 0.2) is 40.1 Å². The minimum atomic E-state index is -3.93. The van der Waals surface area contributed by atoms with Gasteiger partial charge in [0, 0.05) is 42.2 Å². The van der Waals surface area contributed by atoms with Gasteiger partial charge in [-0.1, -0.05) is 19.3 Å². The summed E-state index contributed by atoms with van der Waals surface area (Å²) in [7, 11) is 0. The largest absolute Gasteiger partial charge is 0.391 e. The maximum atomic E-state index is 12.0. The molecule has 3 aromatic heterocycles. The number of H-pyrrole nitrogens is 2. The van der Waals surface area contributed by atoms with Crippen molar-refractivity contribution in [2.75, 3.05) is 0 Å². The van der Waals surface area contributed by atoms with E-state index in [9.17, 15) is 22.8 Å². The van der Waals surface area contributed by atoms with E-state index in [2.05, 4.69) is 9.97 Å². The van der Waals surface area contributed by atoms with Gasteiger partial charge in [0.1, 0.15) is 0 Å². The molecule has 0 radical (unpaired) electrons. The van der Waals surface area contributed by atoms with E-state index in [1.54, 1.807) is 28.8 Å². The van der Waals surface area contributed by atoms with Gasteiger partial charge < -0.3 is 14.5 Å². The third kappa shape index (κ3) is 4.86. The first-order valence-electron chi connectivity index (χ1n) is 10.2. The third-order valence-electron chi connectivity index (χ3n) is 5.46. The number of fused-ring (bicyclic) bond motifs is 1. The summed E-state index contributed by atoms with van der Waals surface area (Å²) in [6.07, 6.45) is 1.08. The van der Waals surface area contributed by atoms with Crippen molar-refractivity contribution in [3.63, 3.8) is 0 Å². The van der Waals surface area contributed by atoms with Gasteiger partial charge in [-0.25, -0.2) is 0 Å². The summed E-state index contributed by atoms with van der Waals surface area (Å²) in [5.74, 6) is -0.999. The Kier molecular flexibility index (Phi) is 6.53. The number of hydrogen-bond donors (Lipinski definition) is 2. The van der Waals surface area contributed by atoms with E-state index in [1.165, 1.54) is 0 Å². The molecule has 0 saturated heterocycles. The zero-order valence-electron chi connectivity index (χ0n) is 17.1. The Labute approximate surface area is 171 Å². The number of aromatic nitrogens is 3. The molecule has 0 aromatic carbocycles. The number of nitrogens with zero attached hydrogens (tertiary/aromatic N) is 1. The molecule has 162 valence electrons. The van der Waals surface area contributed by atoms with Crippen molar-refractivity contribution in [2.45, 2.75) is 58.7 Å². The molecule has 3 aromatic rings. The minimum Gasteiger partial charge on any atom is -0.359 e. The van der Waals surface area contributed by atoms with Crippen molar-refractivity contribution in [2.24, 2.45) is 5.92 Å². The van der Waals surface area contributed by atoms with E-state index < -0.39 is 12.1 Å². The second kappa shape index (κ2) is 8.93. The molecule has 30 heavy (non-hydrogen) atoms. The quantitative estimate of drug-likeness (QED) is 0.601. The lowest BCUT2D eigenvalue weighted by Crippen LogP contribution is -2.24. The Balaban J connectivity index is 0.000000216. The number of rotatable bonds is 2. The molecule has 0 unspecified atom stereocenters. The van der Waals surface area contributed by atoms with Crippen LogP contribution in [0.2, 0.25) is 0 Å². The standard InChI is InChI=1S/C15H15N3O2.C7H11F3/c1-3-18-14(20)5-4-12-15(18)11(8-16-12)13-7-10(19)6-9(2)17-13;8-7(9,10)6-4-2-1-3-5-6/h4-8,16H,3H2,1-2H3,(H,17,19);6H,1-5H2. The molecule has 8 heteroatoms. The monoisotopic (exact) mass is 421 g/mol. The van der Waals surface area contributed by atoms with Gasteiger partial charge in [-0.3, -0.25) is 9.59 Å². The fourth-order valence-electron chi connectivity index (χ4n) is 3.98. The number of alkyl halides is 3. The number of aromatic amines is 2. The number of aryl methyl sites for hydroxylation is 2. The minimum absolute atomic E-state index is 0.0455. The van der Waals surface area contributed by atoms with E-state index in [0.29, 0.717) is 25.1 Å². The van der Waals surface area contributed by atoms with Crippen molar-refractivity contribution < 1.29 is 13.2 Å². The van der Waals surface area contributed by atoms with Gasteiger partial charge in [0.15, 0.2) is 5.43 Å². The van der Waals surface area contributed by atoms with Gasteiger partial charge in [0.25, 0.3) is 5.56 Å². The first-order valence-corrected chi connectivity index (χ1v) is 10.2.